The molecule has 0 aromatic heterocycles. The Morgan fingerprint density at radius 2 is 1.79 bits per heavy atom. The van der Waals surface area contributed by atoms with Crippen molar-refractivity contribution in [2.24, 2.45) is 0 Å². The Hall–Kier alpha value is -1.55. The topological polar surface area (TPSA) is 55.8 Å². The predicted octanol–water partition coefficient (Wildman–Crippen LogP) is 2.55. The van der Waals surface area contributed by atoms with Crippen LogP contribution in [0, 0.1) is 0 Å². The van der Waals surface area contributed by atoms with Gasteiger partial charge in [-0.05, 0) is 25.0 Å². The first-order valence-electron chi connectivity index (χ1n) is 6.65. The highest BCUT2D eigenvalue weighted by molar-refractivity contribution is 5.70. The molecule has 0 aliphatic rings. The zero-order valence-electron chi connectivity index (χ0n) is 11.6. The summed E-state index contributed by atoms with van der Waals surface area (Å²) in [6.07, 6.45) is 1.11. The van der Waals surface area contributed by atoms with E-state index in [0.717, 1.165) is 5.75 Å². The first-order valence-corrected chi connectivity index (χ1v) is 6.65. The van der Waals surface area contributed by atoms with Gasteiger partial charge in [-0.2, -0.15) is 0 Å². The van der Waals surface area contributed by atoms with Gasteiger partial charge in [0.15, 0.2) is 0 Å². The molecule has 0 heterocycles. The maximum absolute atomic E-state index is 11.6. The smallest absolute Gasteiger partial charge is 0.308 e. The van der Waals surface area contributed by atoms with Gasteiger partial charge in [0.05, 0.1) is 12.0 Å². The molecule has 106 valence electrons. The molecule has 4 heteroatoms. The quantitative estimate of drug-likeness (QED) is 0.580. The van der Waals surface area contributed by atoms with Gasteiger partial charge < -0.3 is 14.6 Å². The van der Waals surface area contributed by atoms with Crippen LogP contribution in [0.4, 0.5) is 0 Å². The second-order valence-electron chi connectivity index (χ2n) is 4.49. The summed E-state index contributed by atoms with van der Waals surface area (Å²) >= 11 is 0. The van der Waals surface area contributed by atoms with Crippen molar-refractivity contribution in [2.75, 3.05) is 13.2 Å². The van der Waals surface area contributed by atoms with E-state index in [1.165, 1.54) is 0 Å². The predicted molar refractivity (Wildman–Crippen MR) is 73.0 cm³/mol. The summed E-state index contributed by atoms with van der Waals surface area (Å²) in [6, 6.07) is 9.35. The van der Waals surface area contributed by atoms with E-state index in [4.69, 9.17) is 9.47 Å². The summed E-state index contributed by atoms with van der Waals surface area (Å²) in [4.78, 5) is 11.6. The van der Waals surface area contributed by atoms with Gasteiger partial charge in [-0.15, -0.1) is 0 Å². The number of aliphatic hydroxyl groups is 1. The molecule has 0 fully saturated rings. The van der Waals surface area contributed by atoms with Crippen molar-refractivity contribution in [2.45, 2.75) is 38.7 Å². The third-order valence-corrected chi connectivity index (χ3v) is 3.15. The van der Waals surface area contributed by atoms with Crippen molar-refractivity contribution in [3.05, 3.63) is 30.3 Å². The molecule has 0 saturated heterocycles. The number of hydrogen-bond acceptors (Lipinski definition) is 4. The van der Waals surface area contributed by atoms with Gasteiger partial charge in [0, 0.05) is 0 Å². The second-order valence-corrected chi connectivity index (χ2v) is 4.49. The standard InChI is InChI=1S/C15H22O4/c1-3-15(17,4-2)12-14(16)19-11-10-18-13-8-6-5-7-9-13/h5-9,17H,3-4,10-12H2,1-2H3. The van der Waals surface area contributed by atoms with Crippen molar-refractivity contribution >= 4 is 5.97 Å². The van der Waals surface area contributed by atoms with Crippen LogP contribution in [0.5, 0.6) is 5.75 Å². The van der Waals surface area contributed by atoms with E-state index in [0.29, 0.717) is 19.4 Å². The van der Waals surface area contributed by atoms with Crippen LogP contribution in [0.1, 0.15) is 33.1 Å². The number of rotatable bonds is 8. The molecule has 1 aromatic rings. The van der Waals surface area contributed by atoms with Crippen LogP contribution in [-0.4, -0.2) is 29.9 Å². The van der Waals surface area contributed by atoms with E-state index in [2.05, 4.69) is 0 Å². The van der Waals surface area contributed by atoms with Crippen LogP contribution in [0.15, 0.2) is 30.3 Å². The van der Waals surface area contributed by atoms with Crippen LogP contribution in [0.25, 0.3) is 0 Å². The average molecular weight is 266 g/mol. The van der Waals surface area contributed by atoms with Crippen LogP contribution in [0.2, 0.25) is 0 Å². The van der Waals surface area contributed by atoms with Gasteiger partial charge in [0.2, 0.25) is 0 Å². The fourth-order valence-electron chi connectivity index (χ4n) is 1.65. The Kier molecular flexibility index (Phi) is 6.36. The maximum Gasteiger partial charge on any atom is 0.308 e. The maximum atomic E-state index is 11.6. The van der Waals surface area contributed by atoms with E-state index in [1.54, 1.807) is 0 Å². The van der Waals surface area contributed by atoms with Gasteiger partial charge in [-0.25, -0.2) is 0 Å². The van der Waals surface area contributed by atoms with E-state index < -0.39 is 5.60 Å². The molecule has 0 aliphatic carbocycles. The molecule has 0 radical (unpaired) electrons. The fraction of sp³-hybridized carbons (Fsp3) is 0.533. The molecule has 1 aromatic carbocycles. The lowest BCUT2D eigenvalue weighted by molar-refractivity contribution is -0.150. The van der Waals surface area contributed by atoms with Crippen molar-refractivity contribution in [1.82, 2.24) is 0 Å². The van der Waals surface area contributed by atoms with Crippen molar-refractivity contribution in [1.29, 1.82) is 0 Å². The average Bonchev–Trinajstić information content (AvgIpc) is 2.44. The number of para-hydroxylation sites is 1. The minimum absolute atomic E-state index is 0.0331. The summed E-state index contributed by atoms with van der Waals surface area (Å²) in [5.41, 5.74) is -0.947. The Bertz CT molecular complexity index is 371. The van der Waals surface area contributed by atoms with Crippen LogP contribution >= 0.6 is 0 Å². The summed E-state index contributed by atoms with van der Waals surface area (Å²) in [6.45, 7) is 4.22. The molecule has 0 saturated carbocycles. The third-order valence-electron chi connectivity index (χ3n) is 3.15. The lowest BCUT2D eigenvalue weighted by Crippen LogP contribution is -2.31. The van der Waals surface area contributed by atoms with Crippen LogP contribution in [0.3, 0.4) is 0 Å². The molecule has 0 amide bonds. The molecule has 0 bridgehead atoms. The number of benzene rings is 1. The minimum Gasteiger partial charge on any atom is -0.490 e. The molecular weight excluding hydrogens is 244 g/mol. The van der Waals surface area contributed by atoms with Gasteiger partial charge in [-0.3, -0.25) is 4.79 Å². The van der Waals surface area contributed by atoms with Crippen LogP contribution < -0.4 is 4.74 Å². The normalized spacial score (nSPS) is 11.1. The molecule has 19 heavy (non-hydrogen) atoms. The lowest BCUT2D eigenvalue weighted by atomic mass is 9.94. The highest BCUT2D eigenvalue weighted by Crippen LogP contribution is 2.19. The van der Waals surface area contributed by atoms with Crippen molar-refractivity contribution in [3.8, 4) is 5.75 Å². The first kappa shape index (κ1) is 15.5. The second kappa shape index (κ2) is 7.79. The number of carbonyl (C=O) groups excluding carboxylic acids is 1. The van der Waals surface area contributed by atoms with Crippen molar-refractivity contribution in [3.63, 3.8) is 0 Å². The van der Waals surface area contributed by atoms with Crippen molar-refractivity contribution < 1.29 is 19.4 Å². The monoisotopic (exact) mass is 266 g/mol. The molecule has 1 N–H and O–H groups in total. The van der Waals surface area contributed by atoms with Gasteiger partial charge >= 0.3 is 5.97 Å². The number of hydrogen-bond donors (Lipinski definition) is 1. The fourth-order valence-corrected chi connectivity index (χ4v) is 1.65. The van der Waals surface area contributed by atoms with Gasteiger partial charge in [0.1, 0.15) is 19.0 Å². The SMILES string of the molecule is CCC(O)(CC)CC(=O)OCCOc1ccccc1. The summed E-state index contributed by atoms with van der Waals surface area (Å²) in [5, 5.41) is 10.0. The first-order chi connectivity index (χ1) is 9.09. The molecule has 0 spiro atoms. The molecule has 1 rings (SSSR count). The Morgan fingerprint density at radius 3 is 2.37 bits per heavy atom. The highest BCUT2D eigenvalue weighted by Gasteiger charge is 2.26. The summed E-state index contributed by atoms with van der Waals surface area (Å²) in [7, 11) is 0. The Morgan fingerprint density at radius 1 is 1.16 bits per heavy atom. The summed E-state index contributed by atoms with van der Waals surface area (Å²) < 4.78 is 10.4. The third kappa shape index (κ3) is 5.75. The number of esters is 1. The molecule has 4 nitrogen and oxygen atoms in total. The molecule has 0 atom stereocenters. The van der Waals surface area contributed by atoms with E-state index in [9.17, 15) is 9.90 Å². The number of carbonyl (C=O) groups is 1. The van der Waals surface area contributed by atoms with Gasteiger partial charge in [-0.1, -0.05) is 32.0 Å². The number of ether oxygens (including phenoxy) is 2. The lowest BCUT2D eigenvalue weighted by Gasteiger charge is -2.23. The largest absolute Gasteiger partial charge is 0.490 e. The molecular formula is C15H22O4. The summed E-state index contributed by atoms with van der Waals surface area (Å²) in [5.74, 6) is 0.361. The zero-order chi connectivity index (χ0) is 14.1. The highest BCUT2D eigenvalue weighted by atomic mass is 16.6. The molecule has 0 unspecified atom stereocenters. The van der Waals surface area contributed by atoms with Gasteiger partial charge in [0.25, 0.3) is 0 Å². The molecule has 0 aliphatic heterocycles. The Labute approximate surface area is 114 Å². The van der Waals surface area contributed by atoms with E-state index in [-0.39, 0.29) is 19.0 Å². The van der Waals surface area contributed by atoms with Crippen LogP contribution in [-0.2, 0) is 9.53 Å². The Balaban J connectivity index is 2.21. The zero-order valence-corrected chi connectivity index (χ0v) is 11.6. The van der Waals surface area contributed by atoms with E-state index >= 15 is 0 Å². The minimum atomic E-state index is -0.947. The van der Waals surface area contributed by atoms with E-state index in [1.807, 2.05) is 44.2 Å².